The van der Waals surface area contributed by atoms with E-state index in [1.165, 1.54) is 57.9 Å². The standard InChI is InChI=1S/C24H38O4/c1-16-19(11-14-27-17(2)25)7-9-21-20(16)8-10-22-23(4,15-28-18(3)26)12-6-13-24(21,22)5/h11,16,20-22H,6-10,12-15H2,1-5H3. The van der Waals surface area contributed by atoms with Crippen LogP contribution >= 0.6 is 0 Å². The molecule has 0 N–H and O–H groups in total. The molecule has 6 unspecified atom stereocenters. The molecule has 0 aromatic heterocycles. The molecule has 3 saturated carbocycles. The van der Waals surface area contributed by atoms with Crippen LogP contribution in [0.1, 0.15) is 79.6 Å². The molecular weight excluding hydrogens is 352 g/mol. The molecule has 0 radical (unpaired) electrons. The summed E-state index contributed by atoms with van der Waals surface area (Å²) in [5, 5.41) is 0. The minimum Gasteiger partial charge on any atom is -0.465 e. The van der Waals surface area contributed by atoms with E-state index in [4.69, 9.17) is 9.47 Å². The van der Waals surface area contributed by atoms with Gasteiger partial charge < -0.3 is 9.47 Å². The average Bonchev–Trinajstić information content (AvgIpc) is 2.62. The first-order valence-corrected chi connectivity index (χ1v) is 11.1. The third-order valence-corrected chi connectivity index (χ3v) is 8.46. The predicted octanol–water partition coefficient (Wildman–Crippen LogP) is 5.31. The van der Waals surface area contributed by atoms with E-state index in [2.05, 4.69) is 26.8 Å². The number of esters is 2. The molecule has 3 aliphatic rings. The summed E-state index contributed by atoms with van der Waals surface area (Å²) in [5.74, 6) is 2.29. The Morgan fingerprint density at radius 1 is 1.07 bits per heavy atom. The zero-order valence-electron chi connectivity index (χ0n) is 18.4. The van der Waals surface area contributed by atoms with Crippen LogP contribution in [0.15, 0.2) is 11.6 Å². The van der Waals surface area contributed by atoms with Crippen LogP contribution in [0.3, 0.4) is 0 Å². The molecule has 158 valence electrons. The largest absolute Gasteiger partial charge is 0.465 e. The van der Waals surface area contributed by atoms with Gasteiger partial charge in [0.05, 0.1) is 6.61 Å². The molecule has 0 spiro atoms. The third-order valence-electron chi connectivity index (χ3n) is 8.46. The zero-order chi connectivity index (χ0) is 20.5. The maximum Gasteiger partial charge on any atom is 0.302 e. The Morgan fingerprint density at radius 2 is 1.79 bits per heavy atom. The summed E-state index contributed by atoms with van der Waals surface area (Å²) in [6.07, 6.45) is 10.7. The summed E-state index contributed by atoms with van der Waals surface area (Å²) < 4.78 is 10.7. The van der Waals surface area contributed by atoms with Gasteiger partial charge in [-0.15, -0.1) is 0 Å². The molecule has 0 heterocycles. The van der Waals surface area contributed by atoms with Gasteiger partial charge >= 0.3 is 11.9 Å². The third kappa shape index (κ3) is 4.02. The Balaban J connectivity index is 1.76. The molecule has 28 heavy (non-hydrogen) atoms. The van der Waals surface area contributed by atoms with Crippen LogP contribution in [0, 0.1) is 34.5 Å². The molecule has 0 aromatic rings. The van der Waals surface area contributed by atoms with Crippen LogP contribution in [-0.4, -0.2) is 25.2 Å². The van der Waals surface area contributed by atoms with Crippen molar-refractivity contribution in [2.24, 2.45) is 34.5 Å². The first kappa shape index (κ1) is 21.4. The van der Waals surface area contributed by atoms with Crippen LogP contribution in [0.4, 0.5) is 0 Å². The monoisotopic (exact) mass is 390 g/mol. The SMILES string of the molecule is CC(=O)OCC=C1CCC2C(CCC3C(C)(COC(C)=O)CCCC23C)C1C. The fraction of sp³-hybridized carbons (Fsp3) is 0.833. The van der Waals surface area contributed by atoms with E-state index in [1.54, 1.807) is 0 Å². The lowest BCUT2D eigenvalue weighted by Crippen LogP contribution is -2.55. The van der Waals surface area contributed by atoms with Crippen molar-refractivity contribution in [3.63, 3.8) is 0 Å². The molecule has 3 aliphatic carbocycles. The van der Waals surface area contributed by atoms with Crippen molar-refractivity contribution in [1.29, 1.82) is 0 Å². The number of hydrogen-bond donors (Lipinski definition) is 0. The lowest BCUT2D eigenvalue weighted by atomic mass is 9.43. The van der Waals surface area contributed by atoms with E-state index in [9.17, 15) is 9.59 Å². The van der Waals surface area contributed by atoms with Crippen molar-refractivity contribution >= 4 is 11.9 Å². The molecule has 0 saturated heterocycles. The number of ether oxygens (including phenoxy) is 2. The van der Waals surface area contributed by atoms with Gasteiger partial charge in [0.1, 0.15) is 6.61 Å². The normalized spacial score (nSPS) is 41.7. The number of fused-ring (bicyclic) bond motifs is 3. The lowest BCUT2D eigenvalue weighted by Gasteiger charge is -2.62. The summed E-state index contributed by atoms with van der Waals surface area (Å²) in [7, 11) is 0. The second kappa shape index (κ2) is 8.20. The first-order valence-electron chi connectivity index (χ1n) is 11.1. The Hall–Kier alpha value is -1.32. The Kier molecular flexibility index (Phi) is 6.26. The van der Waals surface area contributed by atoms with Crippen molar-refractivity contribution in [2.75, 3.05) is 13.2 Å². The molecule has 0 aromatic carbocycles. The van der Waals surface area contributed by atoms with E-state index < -0.39 is 0 Å². The molecule has 4 nitrogen and oxygen atoms in total. The quantitative estimate of drug-likeness (QED) is 0.482. The van der Waals surface area contributed by atoms with Gasteiger partial charge in [-0.1, -0.05) is 32.8 Å². The number of carbonyl (C=O) groups is 2. The van der Waals surface area contributed by atoms with E-state index in [0.29, 0.717) is 30.5 Å². The first-order chi connectivity index (χ1) is 13.2. The van der Waals surface area contributed by atoms with Gasteiger partial charge in [-0.2, -0.15) is 0 Å². The highest BCUT2D eigenvalue weighted by Gasteiger charge is 2.57. The predicted molar refractivity (Wildman–Crippen MR) is 110 cm³/mol. The fourth-order valence-corrected chi connectivity index (χ4v) is 7.15. The van der Waals surface area contributed by atoms with Gasteiger partial charge in [-0.3, -0.25) is 9.59 Å². The summed E-state index contributed by atoms with van der Waals surface area (Å²) in [5.41, 5.74) is 1.92. The van der Waals surface area contributed by atoms with Crippen molar-refractivity contribution < 1.29 is 19.1 Å². The highest BCUT2D eigenvalue weighted by molar-refractivity contribution is 5.66. The Bertz CT molecular complexity index is 639. The van der Waals surface area contributed by atoms with E-state index in [0.717, 1.165) is 18.3 Å². The van der Waals surface area contributed by atoms with Crippen LogP contribution in [0.2, 0.25) is 0 Å². The number of hydrogen-bond acceptors (Lipinski definition) is 4. The summed E-state index contributed by atoms with van der Waals surface area (Å²) in [4.78, 5) is 22.5. The van der Waals surface area contributed by atoms with Crippen molar-refractivity contribution in [2.45, 2.75) is 79.6 Å². The topological polar surface area (TPSA) is 52.6 Å². The highest BCUT2D eigenvalue weighted by Crippen LogP contribution is 2.65. The number of carbonyl (C=O) groups excluding carboxylic acids is 2. The lowest BCUT2D eigenvalue weighted by molar-refractivity contribution is -0.161. The maximum absolute atomic E-state index is 11.4. The smallest absolute Gasteiger partial charge is 0.302 e. The summed E-state index contributed by atoms with van der Waals surface area (Å²) >= 11 is 0. The molecule has 0 bridgehead atoms. The highest BCUT2D eigenvalue weighted by atomic mass is 16.5. The van der Waals surface area contributed by atoms with E-state index in [1.807, 2.05) is 0 Å². The molecule has 4 heteroatoms. The minimum atomic E-state index is -0.208. The van der Waals surface area contributed by atoms with E-state index >= 15 is 0 Å². The second-order valence-corrected chi connectivity index (χ2v) is 10.1. The molecular formula is C24H38O4. The average molecular weight is 391 g/mol. The van der Waals surface area contributed by atoms with Crippen molar-refractivity contribution in [3.8, 4) is 0 Å². The van der Waals surface area contributed by atoms with Gasteiger partial charge in [-0.25, -0.2) is 0 Å². The summed E-state index contributed by atoms with van der Waals surface area (Å²) in [6, 6.07) is 0. The van der Waals surface area contributed by atoms with Crippen LogP contribution in [0.5, 0.6) is 0 Å². The molecule has 3 rings (SSSR count). The van der Waals surface area contributed by atoms with Gasteiger partial charge in [0.2, 0.25) is 0 Å². The summed E-state index contributed by atoms with van der Waals surface area (Å²) in [6.45, 7) is 11.2. The zero-order valence-corrected chi connectivity index (χ0v) is 18.4. The Morgan fingerprint density at radius 3 is 2.46 bits per heavy atom. The Labute approximate surface area is 170 Å². The maximum atomic E-state index is 11.4. The van der Waals surface area contributed by atoms with Gasteiger partial charge in [-0.05, 0) is 73.7 Å². The van der Waals surface area contributed by atoms with Crippen LogP contribution in [0.25, 0.3) is 0 Å². The van der Waals surface area contributed by atoms with E-state index in [-0.39, 0.29) is 17.4 Å². The molecule has 0 aliphatic heterocycles. The van der Waals surface area contributed by atoms with Crippen molar-refractivity contribution in [1.82, 2.24) is 0 Å². The van der Waals surface area contributed by atoms with Gasteiger partial charge in [0.15, 0.2) is 0 Å². The van der Waals surface area contributed by atoms with Gasteiger partial charge in [0, 0.05) is 19.3 Å². The fourth-order valence-electron chi connectivity index (χ4n) is 7.15. The minimum absolute atomic E-state index is 0.109. The van der Waals surface area contributed by atoms with Crippen LogP contribution in [-0.2, 0) is 19.1 Å². The van der Waals surface area contributed by atoms with Crippen molar-refractivity contribution in [3.05, 3.63) is 11.6 Å². The van der Waals surface area contributed by atoms with Gasteiger partial charge in [0.25, 0.3) is 0 Å². The van der Waals surface area contributed by atoms with Crippen LogP contribution < -0.4 is 0 Å². The molecule has 0 amide bonds. The number of allylic oxidation sites excluding steroid dienone is 1. The molecule has 6 atom stereocenters. The second-order valence-electron chi connectivity index (χ2n) is 10.1. The number of rotatable bonds is 4. The molecule has 3 fully saturated rings.